The fraction of sp³-hybridized carbons (Fsp3) is 0.133. The molecule has 0 radical (unpaired) electrons. The van der Waals surface area contributed by atoms with Crippen molar-refractivity contribution in [2.45, 2.75) is 0 Å². The van der Waals surface area contributed by atoms with E-state index in [1.54, 1.807) is 37.4 Å². The van der Waals surface area contributed by atoms with Crippen molar-refractivity contribution in [2.75, 3.05) is 14.2 Å². The second kappa shape index (κ2) is 6.25. The number of nitriles is 1. The van der Waals surface area contributed by atoms with Crippen molar-refractivity contribution >= 4 is 34.5 Å². The van der Waals surface area contributed by atoms with Crippen LogP contribution in [0.25, 0.3) is 17.0 Å². The molecule has 1 heterocycles. The summed E-state index contributed by atoms with van der Waals surface area (Å²) >= 11 is 6.08. The van der Waals surface area contributed by atoms with Gasteiger partial charge in [-0.05, 0) is 30.3 Å². The molecule has 2 rings (SSSR count). The Balaban J connectivity index is 2.58. The second-order valence-corrected chi connectivity index (χ2v) is 4.45. The molecule has 6 heteroatoms. The quantitative estimate of drug-likeness (QED) is 0.377. The van der Waals surface area contributed by atoms with Crippen molar-refractivity contribution in [3.63, 3.8) is 0 Å². The van der Waals surface area contributed by atoms with Gasteiger partial charge in [-0.15, -0.1) is 0 Å². The Morgan fingerprint density at radius 2 is 2.14 bits per heavy atom. The fourth-order valence-electron chi connectivity index (χ4n) is 1.78. The Morgan fingerprint density at radius 1 is 1.38 bits per heavy atom. The number of hydrogen-bond donors (Lipinski definition) is 0. The third kappa shape index (κ3) is 3.12. The lowest BCUT2D eigenvalue weighted by molar-refractivity contribution is -0.135. The predicted octanol–water partition coefficient (Wildman–Crippen LogP) is 2.98. The number of esters is 1. The zero-order chi connectivity index (χ0) is 15.4. The normalized spacial score (nSPS) is 11.0. The number of ether oxygens (including phenoxy) is 2. The van der Waals surface area contributed by atoms with Crippen LogP contribution < -0.4 is 4.74 Å². The maximum atomic E-state index is 11.4. The summed E-state index contributed by atoms with van der Waals surface area (Å²) < 4.78 is 9.67. The topological polar surface area (TPSA) is 72.2 Å². The SMILES string of the molecule is COC(=O)/C(C#N)=C/c1cc2cc(OC)ccc2nc1Cl. The van der Waals surface area contributed by atoms with Crippen LogP contribution in [0.2, 0.25) is 5.15 Å². The van der Waals surface area contributed by atoms with Gasteiger partial charge in [0.2, 0.25) is 0 Å². The summed E-state index contributed by atoms with van der Waals surface area (Å²) in [6.07, 6.45) is 1.35. The number of carbonyl (C=O) groups is 1. The Kier molecular flexibility index (Phi) is 4.41. The van der Waals surface area contributed by atoms with Crippen LogP contribution in [0.4, 0.5) is 0 Å². The summed E-state index contributed by atoms with van der Waals surface area (Å²) in [4.78, 5) is 15.7. The second-order valence-electron chi connectivity index (χ2n) is 4.09. The number of carbonyl (C=O) groups excluding carboxylic acids is 1. The lowest BCUT2D eigenvalue weighted by Gasteiger charge is -2.05. The highest BCUT2D eigenvalue weighted by atomic mass is 35.5. The summed E-state index contributed by atoms with van der Waals surface area (Å²) in [5.74, 6) is -0.0469. The minimum Gasteiger partial charge on any atom is -0.497 e. The molecule has 0 amide bonds. The van der Waals surface area contributed by atoms with Crippen LogP contribution in [0.1, 0.15) is 5.56 Å². The number of halogens is 1. The van der Waals surface area contributed by atoms with Crippen LogP contribution in [0.5, 0.6) is 5.75 Å². The third-order valence-corrected chi connectivity index (χ3v) is 3.13. The van der Waals surface area contributed by atoms with Gasteiger partial charge in [-0.3, -0.25) is 0 Å². The van der Waals surface area contributed by atoms with E-state index in [1.165, 1.54) is 13.2 Å². The first kappa shape index (κ1) is 14.8. The first-order chi connectivity index (χ1) is 10.1. The molecule has 0 spiro atoms. The van der Waals surface area contributed by atoms with Crippen LogP contribution >= 0.6 is 11.6 Å². The van der Waals surface area contributed by atoms with E-state index in [2.05, 4.69) is 9.72 Å². The summed E-state index contributed by atoms with van der Waals surface area (Å²) in [5.41, 5.74) is 0.998. The minimum absolute atomic E-state index is 0.150. The van der Waals surface area contributed by atoms with Crippen LogP contribution in [0.15, 0.2) is 29.8 Å². The third-order valence-electron chi connectivity index (χ3n) is 2.83. The Morgan fingerprint density at radius 3 is 2.76 bits per heavy atom. The average molecular weight is 303 g/mol. The highest BCUT2D eigenvalue weighted by Gasteiger charge is 2.11. The van der Waals surface area contributed by atoms with Gasteiger partial charge in [0, 0.05) is 10.9 Å². The molecular weight excluding hydrogens is 292 g/mol. The van der Waals surface area contributed by atoms with Crippen molar-refractivity contribution in [2.24, 2.45) is 0 Å². The molecule has 0 saturated carbocycles. The molecule has 5 nitrogen and oxygen atoms in total. The summed E-state index contributed by atoms with van der Waals surface area (Å²) in [6.45, 7) is 0. The molecule has 0 atom stereocenters. The largest absolute Gasteiger partial charge is 0.497 e. The van der Waals surface area contributed by atoms with E-state index in [1.807, 2.05) is 0 Å². The summed E-state index contributed by atoms with van der Waals surface area (Å²) in [5, 5.41) is 9.96. The Bertz CT molecular complexity index is 778. The molecule has 0 unspecified atom stereocenters. The van der Waals surface area contributed by atoms with Crippen molar-refractivity contribution < 1.29 is 14.3 Å². The van der Waals surface area contributed by atoms with Crippen LogP contribution in [0, 0.1) is 11.3 Å². The van der Waals surface area contributed by atoms with Gasteiger partial charge in [-0.2, -0.15) is 5.26 Å². The maximum Gasteiger partial charge on any atom is 0.348 e. The standard InChI is InChI=1S/C15H11ClN2O3/c1-20-12-3-4-13-9(7-12)5-10(14(16)18-13)6-11(8-17)15(19)21-2/h3-7H,1-2H3/b11-6+. The van der Waals surface area contributed by atoms with E-state index in [-0.39, 0.29) is 10.7 Å². The van der Waals surface area contributed by atoms with Gasteiger partial charge < -0.3 is 9.47 Å². The van der Waals surface area contributed by atoms with E-state index in [0.29, 0.717) is 16.8 Å². The summed E-state index contributed by atoms with van der Waals surface area (Å²) in [7, 11) is 2.77. The summed E-state index contributed by atoms with van der Waals surface area (Å²) in [6, 6.07) is 8.85. The van der Waals surface area contributed by atoms with E-state index in [9.17, 15) is 4.79 Å². The average Bonchev–Trinajstić information content (AvgIpc) is 2.51. The van der Waals surface area contributed by atoms with Crippen molar-refractivity contribution in [1.82, 2.24) is 4.98 Å². The number of pyridine rings is 1. The van der Waals surface area contributed by atoms with Crippen LogP contribution in [-0.4, -0.2) is 25.2 Å². The van der Waals surface area contributed by atoms with Crippen molar-refractivity contribution in [3.05, 3.63) is 40.6 Å². The number of methoxy groups -OCH3 is 2. The predicted molar refractivity (Wildman–Crippen MR) is 78.9 cm³/mol. The highest BCUT2D eigenvalue weighted by molar-refractivity contribution is 6.31. The van der Waals surface area contributed by atoms with Gasteiger partial charge in [0.1, 0.15) is 22.5 Å². The molecule has 1 aromatic heterocycles. The molecule has 0 aliphatic rings. The molecule has 0 N–H and O–H groups in total. The Labute approximate surface area is 126 Å². The highest BCUT2D eigenvalue weighted by Crippen LogP contribution is 2.25. The van der Waals surface area contributed by atoms with E-state index < -0.39 is 5.97 Å². The Hall–Kier alpha value is -2.58. The fourth-order valence-corrected chi connectivity index (χ4v) is 1.98. The number of aromatic nitrogens is 1. The molecule has 0 aliphatic carbocycles. The lowest BCUT2D eigenvalue weighted by Crippen LogP contribution is -2.02. The number of hydrogen-bond acceptors (Lipinski definition) is 5. The van der Waals surface area contributed by atoms with Crippen molar-refractivity contribution in [3.8, 4) is 11.8 Å². The van der Waals surface area contributed by atoms with Gasteiger partial charge in [-0.1, -0.05) is 11.6 Å². The molecular formula is C15H11ClN2O3. The van der Waals surface area contributed by atoms with Gasteiger partial charge in [0.05, 0.1) is 19.7 Å². The van der Waals surface area contributed by atoms with Gasteiger partial charge >= 0.3 is 5.97 Å². The minimum atomic E-state index is -0.723. The molecule has 0 saturated heterocycles. The van der Waals surface area contributed by atoms with Gasteiger partial charge in [0.25, 0.3) is 0 Å². The molecule has 106 valence electrons. The van der Waals surface area contributed by atoms with Gasteiger partial charge in [-0.25, -0.2) is 9.78 Å². The molecule has 1 aromatic carbocycles. The van der Waals surface area contributed by atoms with E-state index in [4.69, 9.17) is 21.6 Å². The smallest absolute Gasteiger partial charge is 0.348 e. The number of fused-ring (bicyclic) bond motifs is 1. The van der Waals surface area contributed by atoms with Gasteiger partial charge in [0.15, 0.2) is 0 Å². The van der Waals surface area contributed by atoms with Crippen molar-refractivity contribution in [1.29, 1.82) is 5.26 Å². The zero-order valence-corrected chi connectivity index (χ0v) is 12.1. The molecule has 2 aromatic rings. The van der Waals surface area contributed by atoms with Crippen LogP contribution in [-0.2, 0) is 9.53 Å². The number of rotatable bonds is 3. The number of benzene rings is 1. The number of nitrogens with zero attached hydrogens (tertiary/aromatic N) is 2. The molecule has 0 bridgehead atoms. The maximum absolute atomic E-state index is 11.4. The van der Waals surface area contributed by atoms with E-state index in [0.717, 1.165) is 5.39 Å². The van der Waals surface area contributed by atoms with E-state index >= 15 is 0 Å². The molecule has 0 aliphatic heterocycles. The zero-order valence-electron chi connectivity index (χ0n) is 11.4. The first-order valence-corrected chi connectivity index (χ1v) is 6.31. The first-order valence-electron chi connectivity index (χ1n) is 5.93. The molecule has 21 heavy (non-hydrogen) atoms. The molecule has 0 fully saturated rings. The lowest BCUT2D eigenvalue weighted by atomic mass is 10.1. The monoisotopic (exact) mass is 302 g/mol. The van der Waals surface area contributed by atoms with Crippen LogP contribution in [0.3, 0.4) is 0 Å².